The summed E-state index contributed by atoms with van der Waals surface area (Å²) in [6.07, 6.45) is 0.679. The molecule has 1 amide bonds. The van der Waals surface area contributed by atoms with E-state index in [4.69, 9.17) is 9.47 Å². The van der Waals surface area contributed by atoms with E-state index in [0.717, 1.165) is 12.1 Å². The summed E-state index contributed by atoms with van der Waals surface area (Å²) in [4.78, 5) is 30.3. The van der Waals surface area contributed by atoms with Gasteiger partial charge in [0.2, 0.25) is 0 Å². The molecule has 7 heteroatoms. The molecule has 7 nitrogen and oxygen atoms in total. The third-order valence-electron chi connectivity index (χ3n) is 6.51. The van der Waals surface area contributed by atoms with Gasteiger partial charge in [0, 0.05) is 12.1 Å². The summed E-state index contributed by atoms with van der Waals surface area (Å²) < 4.78 is 11.9. The van der Waals surface area contributed by atoms with Gasteiger partial charge in [-0.1, -0.05) is 30.3 Å². The van der Waals surface area contributed by atoms with Gasteiger partial charge in [-0.3, -0.25) is 9.59 Å². The molecule has 0 radical (unpaired) electrons. The number of aliphatic hydroxyl groups excluding tert-OH is 1. The zero-order valence-electron chi connectivity index (χ0n) is 23.2. The molecular formula is C32H36N2O5. The standard InChI is InChI=1S/C32H36N2O5/c1-21(2)38-27-16-15-24(19-22(27)3)30(35)28-29(34(32(37)31(28)36)18-10-17-33(4)5)23-11-9-14-26(20-23)39-25-12-7-6-8-13-25/h6-9,11-16,19-21,29,35H,10,17-18H2,1-5H3/b30-28+/t29-/m0/s1. The number of amides is 1. The van der Waals surface area contributed by atoms with Gasteiger partial charge in [0.25, 0.3) is 11.7 Å². The van der Waals surface area contributed by atoms with Gasteiger partial charge in [0.05, 0.1) is 17.7 Å². The molecule has 3 aromatic rings. The lowest BCUT2D eigenvalue weighted by Gasteiger charge is -2.26. The lowest BCUT2D eigenvalue weighted by molar-refractivity contribution is -0.139. The van der Waals surface area contributed by atoms with Crippen LogP contribution in [-0.2, 0) is 9.59 Å². The summed E-state index contributed by atoms with van der Waals surface area (Å²) in [7, 11) is 3.93. The zero-order chi connectivity index (χ0) is 28.1. The first-order chi connectivity index (χ1) is 18.7. The van der Waals surface area contributed by atoms with Crippen LogP contribution in [0.15, 0.2) is 78.4 Å². The Kier molecular flexibility index (Phi) is 8.72. The summed E-state index contributed by atoms with van der Waals surface area (Å²) >= 11 is 0. The number of benzene rings is 3. The first-order valence-corrected chi connectivity index (χ1v) is 13.2. The number of hydrogen-bond donors (Lipinski definition) is 1. The summed E-state index contributed by atoms with van der Waals surface area (Å²) in [5.41, 5.74) is 2.03. The van der Waals surface area contributed by atoms with Crippen LogP contribution in [0, 0.1) is 6.92 Å². The molecule has 0 aliphatic carbocycles. The van der Waals surface area contributed by atoms with Crippen LogP contribution in [0.3, 0.4) is 0 Å². The molecule has 1 saturated heterocycles. The number of hydrogen-bond acceptors (Lipinski definition) is 6. The molecule has 1 aliphatic rings. The van der Waals surface area contributed by atoms with Gasteiger partial charge in [-0.05, 0) is 101 Å². The summed E-state index contributed by atoms with van der Waals surface area (Å²) in [5, 5.41) is 11.5. The fourth-order valence-electron chi connectivity index (χ4n) is 4.73. The topological polar surface area (TPSA) is 79.3 Å². The Balaban J connectivity index is 1.77. The molecule has 0 saturated carbocycles. The predicted octanol–water partition coefficient (Wildman–Crippen LogP) is 5.95. The molecular weight excluding hydrogens is 492 g/mol. The van der Waals surface area contributed by atoms with Crippen LogP contribution in [0.1, 0.15) is 43.0 Å². The Hall–Kier alpha value is -4.10. The molecule has 3 aromatic carbocycles. The number of ether oxygens (including phenoxy) is 2. The Bertz CT molecular complexity index is 1360. The third-order valence-corrected chi connectivity index (χ3v) is 6.51. The van der Waals surface area contributed by atoms with Crippen LogP contribution in [0.2, 0.25) is 0 Å². The van der Waals surface area contributed by atoms with Gasteiger partial charge < -0.3 is 24.4 Å². The number of carbonyl (C=O) groups excluding carboxylic acids is 2. The van der Waals surface area contributed by atoms with E-state index in [1.54, 1.807) is 23.1 Å². The minimum atomic E-state index is -0.751. The molecule has 204 valence electrons. The van der Waals surface area contributed by atoms with E-state index in [2.05, 4.69) is 0 Å². The average molecular weight is 529 g/mol. The highest BCUT2D eigenvalue weighted by Crippen LogP contribution is 2.41. The normalized spacial score (nSPS) is 16.8. The molecule has 1 heterocycles. The van der Waals surface area contributed by atoms with Crippen molar-refractivity contribution < 1.29 is 24.2 Å². The van der Waals surface area contributed by atoms with E-state index >= 15 is 0 Å². The lowest BCUT2D eigenvalue weighted by Crippen LogP contribution is -2.32. The zero-order valence-corrected chi connectivity index (χ0v) is 23.2. The molecule has 0 unspecified atom stereocenters. The van der Waals surface area contributed by atoms with Crippen molar-refractivity contribution in [3.05, 3.63) is 95.1 Å². The van der Waals surface area contributed by atoms with E-state index < -0.39 is 17.7 Å². The Morgan fingerprint density at radius 1 is 0.974 bits per heavy atom. The van der Waals surface area contributed by atoms with Crippen molar-refractivity contribution in [2.75, 3.05) is 27.2 Å². The highest BCUT2D eigenvalue weighted by molar-refractivity contribution is 6.46. The fraction of sp³-hybridized carbons (Fsp3) is 0.312. The van der Waals surface area contributed by atoms with Gasteiger partial charge in [-0.25, -0.2) is 0 Å². The SMILES string of the molecule is Cc1cc(/C(O)=C2\C(=O)C(=O)N(CCCN(C)C)[C@H]2c2cccc(Oc3ccccc3)c2)ccc1OC(C)C. The monoisotopic (exact) mass is 528 g/mol. The fourth-order valence-corrected chi connectivity index (χ4v) is 4.73. The van der Waals surface area contributed by atoms with Gasteiger partial charge in [0.1, 0.15) is 23.0 Å². The van der Waals surface area contributed by atoms with Gasteiger partial charge >= 0.3 is 0 Å². The average Bonchev–Trinajstić information content (AvgIpc) is 3.15. The van der Waals surface area contributed by atoms with Crippen LogP contribution in [0.25, 0.3) is 5.76 Å². The first kappa shape index (κ1) is 27.9. The van der Waals surface area contributed by atoms with Crippen LogP contribution in [-0.4, -0.2) is 59.9 Å². The second kappa shape index (κ2) is 12.2. The highest BCUT2D eigenvalue weighted by Gasteiger charge is 2.46. The number of aryl methyl sites for hydroxylation is 1. The number of para-hydroxylation sites is 1. The number of ketones is 1. The second-order valence-electron chi connectivity index (χ2n) is 10.3. The predicted molar refractivity (Wildman–Crippen MR) is 152 cm³/mol. The van der Waals surface area contributed by atoms with Crippen LogP contribution < -0.4 is 9.47 Å². The van der Waals surface area contributed by atoms with E-state index in [1.807, 2.05) is 94.4 Å². The van der Waals surface area contributed by atoms with Crippen molar-refractivity contribution in [2.45, 2.75) is 39.3 Å². The maximum atomic E-state index is 13.4. The van der Waals surface area contributed by atoms with E-state index in [9.17, 15) is 14.7 Å². The molecule has 1 fully saturated rings. The van der Waals surface area contributed by atoms with E-state index in [-0.39, 0.29) is 17.4 Å². The molecule has 1 atom stereocenters. The Morgan fingerprint density at radius 2 is 1.69 bits per heavy atom. The van der Waals surface area contributed by atoms with Crippen molar-refractivity contribution in [3.8, 4) is 17.2 Å². The second-order valence-corrected chi connectivity index (χ2v) is 10.3. The maximum absolute atomic E-state index is 13.4. The molecule has 0 bridgehead atoms. The molecule has 1 N–H and O–H groups in total. The maximum Gasteiger partial charge on any atom is 0.295 e. The van der Waals surface area contributed by atoms with Crippen LogP contribution in [0.5, 0.6) is 17.2 Å². The summed E-state index contributed by atoms with van der Waals surface area (Å²) in [6.45, 7) is 6.90. The highest BCUT2D eigenvalue weighted by atomic mass is 16.5. The lowest BCUT2D eigenvalue weighted by atomic mass is 9.94. The van der Waals surface area contributed by atoms with Gasteiger partial charge in [-0.15, -0.1) is 0 Å². The molecule has 4 rings (SSSR count). The largest absolute Gasteiger partial charge is 0.507 e. The van der Waals surface area contributed by atoms with Crippen molar-refractivity contribution >= 4 is 17.4 Å². The van der Waals surface area contributed by atoms with E-state index in [1.165, 1.54) is 0 Å². The number of likely N-dealkylation sites (tertiary alicyclic amines) is 1. The number of nitrogens with zero attached hydrogens (tertiary/aromatic N) is 2. The third kappa shape index (κ3) is 6.49. The van der Waals surface area contributed by atoms with Crippen molar-refractivity contribution in [2.24, 2.45) is 0 Å². The van der Waals surface area contributed by atoms with E-state index in [0.29, 0.717) is 41.3 Å². The van der Waals surface area contributed by atoms with Crippen molar-refractivity contribution in [1.82, 2.24) is 9.80 Å². The number of Topliss-reactive ketones (excluding diaryl/α,β-unsaturated/α-hetero) is 1. The number of aliphatic hydroxyl groups is 1. The van der Waals surface area contributed by atoms with Crippen molar-refractivity contribution in [3.63, 3.8) is 0 Å². The van der Waals surface area contributed by atoms with Crippen LogP contribution >= 0.6 is 0 Å². The Morgan fingerprint density at radius 3 is 2.36 bits per heavy atom. The molecule has 0 aromatic heterocycles. The Labute approximate surface area is 230 Å². The van der Waals surface area contributed by atoms with Crippen molar-refractivity contribution in [1.29, 1.82) is 0 Å². The number of rotatable bonds is 10. The van der Waals surface area contributed by atoms with Gasteiger partial charge in [-0.2, -0.15) is 0 Å². The van der Waals surface area contributed by atoms with Crippen LogP contribution in [0.4, 0.5) is 0 Å². The smallest absolute Gasteiger partial charge is 0.295 e. The molecule has 0 spiro atoms. The molecule has 39 heavy (non-hydrogen) atoms. The quantitative estimate of drug-likeness (QED) is 0.199. The summed E-state index contributed by atoms with van der Waals surface area (Å²) in [5.74, 6) is 0.426. The first-order valence-electron chi connectivity index (χ1n) is 13.2. The minimum absolute atomic E-state index is 0.000943. The van der Waals surface area contributed by atoms with Gasteiger partial charge in [0.15, 0.2) is 0 Å². The minimum Gasteiger partial charge on any atom is -0.507 e. The molecule has 1 aliphatic heterocycles. The summed E-state index contributed by atoms with van der Waals surface area (Å²) in [6, 6.07) is 21.2. The number of carbonyl (C=O) groups is 2.